The Morgan fingerprint density at radius 3 is 1.95 bits per heavy atom. The first kappa shape index (κ1) is 42.1. The molecule has 2 aromatic carbocycles. The number of rotatable bonds is 13. The maximum absolute atomic E-state index is 12.7. The second-order valence-electron chi connectivity index (χ2n) is 12.7. The molecule has 7 aromatic rings. The van der Waals surface area contributed by atoms with Crippen molar-refractivity contribution in [1.29, 1.82) is 0 Å². The number of aromatic amines is 3. The van der Waals surface area contributed by atoms with E-state index < -0.39 is 23.7 Å². The van der Waals surface area contributed by atoms with Crippen LogP contribution in [0.4, 0.5) is 22.7 Å². The number of amides is 1. The molecule has 0 saturated carbocycles. The molecular formula is C40H38Br2N10O7. The predicted molar refractivity (Wildman–Crippen MR) is 232 cm³/mol. The van der Waals surface area contributed by atoms with Gasteiger partial charge >= 0.3 is 0 Å². The lowest BCUT2D eigenvalue weighted by atomic mass is 10.1. The zero-order valence-electron chi connectivity index (χ0n) is 31.4. The highest BCUT2D eigenvalue weighted by molar-refractivity contribution is 9.11. The van der Waals surface area contributed by atoms with Crippen LogP contribution in [-0.4, -0.2) is 73.3 Å². The average molecular weight is 931 g/mol. The molecule has 2 atom stereocenters. The summed E-state index contributed by atoms with van der Waals surface area (Å²) in [6.45, 7) is 0.272. The van der Waals surface area contributed by atoms with E-state index in [1.807, 2.05) is 0 Å². The summed E-state index contributed by atoms with van der Waals surface area (Å²) in [5.41, 5.74) is 9.42. The zero-order chi connectivity index (χ0) is 42.1. The van der Waals surface area contributed by atoms with E-state index in [1.165, 1.54) is 24.7 Å². The first-order chi connectivity index (χ1) is 28.5. The highest BCUT2D eigenvalue weighted by Gasteiger charge is 2.20. The summed E-state index contributed by atoms with van der Waals surface area (Å²) in [4.78, 5) is 58.2. The standard InChI is InChI=1S/C20H20BrN5O4.C20H18BrN5O3/c1-30-17-3-2-11(8-12(17)21)16(27)10-25-14-5-7-24-19(28)18(14)20(29)26-15-9-23-6-4-13(15)22;1-29-17-3-2-11(8-12(17)21)16(27)10-24-14-5-7-23-20(28)18(14)19-25-13-4-6-22-9-15(13)26-19/h2-9,16,27H,10H2,1H3,(H2,22,23)(H,26,29)(H2,24,25,28);2-9,16,27H,10H2,1H3,(H,25,26)(H2,23,24,28). The Bertz CT molecular complexity index is 2670. The molecule has 59 heavy (non-hydrogen) atoms. The Balaban J connectivity index is 0.000000198. The molecule has 304 valence electrons. The van der Waals surface area contributed by atoms with E-state index in [1.54, 1.807) is 87.4 Å². The third-order valence-electron chi connectivity index (χ3n) is 8.86. The summed E-state index contributed by atoms with van der Waals surface area (Å²) >= 11 is 6.80. The van der Waals surface area contributed by atoms with Crippen LogP contribution in [0.25, 0.3) is 22.4 Å². The first-order valence-corrected chi connectivity index (χ1v) is 19.3. The fourth-order valence-corrected chi connectivity index (χ4v) is 6.93. The molecule has 1 amide bonds. The molecule has 0 radical (unpaired) electrons. The first-order valence-electron chi connectivity index (χ1n) is 17.7. The van der Waals surface area contributed by atoms with Crippen LogP contribution in [-0.2, 0) is 0 Å². The Morgan fingerprint density at radius 2 is 1.36 bits per heavy atom. The van der Waals surface area contributed by atoms with Gasteiger partial charge in [0.2, 0.25) is 0 Å². The SMILES string of the molecule is COc1ccc(C(O)CNc2cc[nH]c(=O)c2-c2nc3ccncc3[nH]2)cc1Br.COc1ccc(C(O)CNc2cc[nH]c(=O)c2C(=O)Nc2cnccc2N)cc1Br. The smallest absolute Gasteiger partial charge is 0.263 e. The van der Waals surface area contributed by atoms with Crippen molar-refractivity contribution in [2.24, 2.45) is 0 Å². The van der Waals surface area contributed by atoms with E-state index in [-0.39, 0.29) is 29.9 Å². The molecule has 10 N–H and O–H groups in total. The number of carbonyl (C=O) groups is 1. The predicted octanol–water partition coefficient (Wildman–Crippen LogP) is 5.75. The minimum atomic E-state index is -0.892. The molecule has 0 spiro atoms. The molecule has 19 heteroatoms. The molecule has 2 unspecified atom stereocenters. The number of nitrogens with two attached hydrogens (primary N) is 1. The number of H-pyrrole nitrogens is 3. The van der Waals surface area contributed by atoms with Crippen LogP contribution in [0.1, 0.15) is 33.7 Å². The van der Waals surface area contributed by atoms with Gasteiger partial charge in [-0.3, -0.25) is 24.4 Å². The van der Waals surface area contributed by atoms with E-state index in [9.17, 15) is 24.6 Å². The molecule has 0 saturated heterocycles. The number of pyridine rings is 4. The Labute approximate surface area is 352 Å². The van der Waals surface area contributed by atoms with Gasteiger partial charge in [0, 0.05) is 37.9 Å². The minimum absolute atomic E-state index is 0.0670. The molecule has 5 heterocycles. The average Bonchev–Trinajstić information content (AvgIpc) is 3.66. The van der Waals surface area contributed by atoms with Crippen LogP contribution in [0.2, 0.25) is 0 Å². The Morgan fingerprint density at radius 1 is 0.780 bits per heavy atom. The van der Waals surface area contributed by atoms with Gasteiger partial charge in [-0.1, -0.05) is 12.1 Å². The van der Waals surface area contributed by atoms with E-state index in [0.717, 1.165) is 9.99 Å². The number of aromatic nitrogens is 6. The zero-order valence-corrected chi connectivity index (χ0v) is 34.6. The summed E-state index contributed by atoms with van der Waals surface area (Å²) in [6.07, 6.45) is 7.46. The fourth-order valence-electron chi connectivity index (χ4n) is 5.81. The number of hydrogen-bond acceptors (Lipinski definition) is 13. The number of aliphatic hydroxyl groups excluding tert-OH is 2. The molecule has 0 aliphatic heterocycles. The summed E-state index contributed by atoms with van der Waals surface area (Å²) in [7, 11) is 3.14. The number of benzene rings is 2. The largest absolute Gasteiger partial charge is 0.496 e. The van der Waals surface area contributed by atoms with Gasteiger partial charge in [0.25, 0.3) is 17.0 Å². The molecule has 17 nitrogen and oxygen atoms in total. The fraction of sp³-hybridized carbons (Fsp3) is 0.150. The van der Waals surface area contributed by atoms with Gasteiger partial charge in [-0.25, -0.2) is 4.98 Å². The number of nitrogen functional groups attached to an aromatic ring is 1. The van der Waals surface area contributed by atoms with Gasteiger partial charge in [0.15, 0.2) is 0 Å². The van der Waals surface area contributed by atoms with Gasteiger partial charge in [-0.05, 0) is 91.5 Å². The van der Waals surface area contributed by atoms with Crippen molar-refractivity contribution in [3.05, 3.63) is 144 Å². The van der Waals surface area contributed by atoms with Crippen molar-refractivity contribution in [3.8, 4) is 22.9 Å². The number of halogens is 2. The Hall–Kier alpha value is -6.54. The van der Waals surface area contributed by atoms with Gasteiger partial charge in [-0.15, -0.1) is 0 Å². The van der Waals surface area contributed by atoms with Crippen molar-refractivity contribution in [1.82, 2.24) is 29.9 Å². The minimum Gasteiger partial charge on any atom is -0.496 e. The van der Waals surface area contributed by atoms with E-state index >= 15 is 0 Å². The second kappa shape index (κ2) is 19.3. The summed E-state index contributed by atoms with van der Waals surface area (Å²) in [5.74, 6) is 1.10. The molecule has 0 bridgehead atoms. The lowest BCUT2D eigenvalue weighted by molar-refractivity contribution is 0.102. The maximum Gasteiger partial charge on any atom is 0.263 e. The van der Waals surface area contributed by atoms with Crippen molar-refractivity contribution in [2.75, 3.05) is 49.0 Å². The molecule has 0 aliphatic carbocycles. The number of ether oxygens (including phenoxy) is 2. The third-order valence-corrected chi connectivity index (χ3v) is 10.1. The van der Waals surface area contributed by atoms with Crippen molar-refractivity contribution in [3.63, 3.8) is 0 Å². The van der Waals surface area contributed by atoms with Gasteiger partial charge in [0.1, 0.15) is 28.5 Å². The lowest BCUT2D eigenvalue weighted by Crippen LogP contribution is -2.26. The van der Waals surface area contributed by atoms with Crippen LogP contribution in [0.3, 0.4) is 0 Å². The van der Waals surface area contributed by atoms with Crippen LogP contribution < -0.4 is 42.3 Å². The van der Waals surface area contributed by atoms with Crippen molar-refractivity contribution < 1.29 is 24.5 Å². The monoisotopic (exact) mass is 928 g/mol. The van der Waals surface area contributed by atoms with Gasteiger partial charge in [-0.2, -0.15) is 0 Å². The lowest BCUT2D eigenvalue weighted by Gasteiger charge is -2.16. The second-order valence-corrected chi connectivity index (χ2v) is 14.4. The van der Waals surface area contributed by atoms with Crippen LogP contribution >= 0.6 is 31.9 Å². The molecule has 5 aromatic heterocycles. The number of fused-ring (bicyclic) bond motifs is 1. The summed E-state index contributed by atoms with van der Waals surface area (Å²) < 4.78 is 11.9. The third kappa shape index (κ3) is 10.1. The number of aliphatic hydroxyl groups is 2. The molecule has 0 aliphatic rings. The highest BCUT2D eigenvalue weighted by atomic mass is 79.9. The summed E-state index contributed by atoms with van der Waals surface area (Å²) in [6, 6.07) is 17.2. The molecular weight excluding hydrogens is 892 g/mol. The normalized spacial score (nSPS) is 11.8. The summed E-state index contributed by atoms with van der Waals surface area (Å²) in [5, 5.41) is 29.8. The van der Waals surface area contributed by atoms with Crippen LogP contribution in [0.5, 0.6) is 11.5 Å². The van der Waals surface area contributed by atoms with E-state index in [4.69, 9.17) is 15.2 Å². The number of nitrogens with one attached hydrogen (secondary N) is 6. The van der Waals surface area contributed by atoms with Crippen LogP contribution in [0.15, 0.2) is 116 Å². The number of carbonyl (C=O) groups excluding carboxylic acids is 1. The van der Waals surface area contributed by atoms with Crippen molar-refractivity contribution in [2.45, 2.75) is 12.2 Å². The number of methoxy groups -OCH3 is 2. The quantitative estimate of drug-likeness (QED) is 0.0669. The van der Waals surface area contributed by atoms with E-state index in [0.29, 0.717) is 61.1 Å². The Kier molecular flexibility index (Phi) is 13.7. The number of anilines is 4. The maximum atomic E-state index is 12.7. The molecule has 7 rings (SSSR count). The van der Waals surface area contributed by atoms with Crippen molar-refractivity contribution >= 4 is 71.6 Å². The van der Waals surface area contributed by atoms with Gasteiger partial charge < -0.3 is 56.3 Å². The van der Waals surface area contributed by atoms with E-state index in [2.05, 4.69) is 77.7 Å². The van der Waals surface area contributed by atoms with Crippen LogP contribution in [0, 0.1) is 0 Å². The number of nitrogens with zero attached hydrogens (tertiary/aromatic N) is 3. The van der Waals surface area contributed by atoms with Gasteiger partial charge in [0.05, 0.1) is 81.5 Å². The highest BCUT2D eigenvalue weighted by Crippen LogP contribution is 2.30. The number of imidazole rings is 1. The molecule has 0 fully saturated rings. The number of hydrogen-bond donors (Lipinski definition) is 9. The topological polar surface area (TPSA) is 258 Å².